The number of nitrogens with zero attached hydrogens (tertiary/aromatic N) is 6. The molecule has 8 heteroatoms. The molecule has 1 aliphatic heterocycles. The summed E-state index contributed by atoms with van der Waals surface area (Å²) in [5, 5.41) is 8.05. The molecule has 6 nitrogen and oxygen atoms in total. The molecule has 3 heterocycles. The number of hydrogen-bond acceptors (Lipinski definition) is 5. The monoisotopic (exact) mass is 318 g/mol. The zero-order valence-corrected chi connectivity index (χ0v) is 12.9. The molecular formula is C15H16F2N6. The van der Waals surface area contributed by atoms with E-state index < -0.39 is 11.6 Å². The van der Waals surface area contributed by atoms with Gasteiger partial charge in [0.2, 0.25) is 5.65 Å². The second-order valence-electron chi connectivity index (χ2n) is 5.94. The van der Waals surface area contributed by atoms with Crippen molar-refractivity contribution in [2.45, 2.75) is 6.92 Å². The van der Waals surface area contributed by atoms with Gasteiger partial charge in [-0.3, -0.25) is 4.40 Å². The number of halogens is 2. The first-order chi connectivity index (χ1) is 11.1. The zero-order chi connectivity index (χ0) is 16.1. The van der Waals surface area contributed by atoms with E-state index in [1.165, 1.54) is 13.3 Å². The van der Waals surface area contributed by atoms with Crippen LogP contribution in [0.4, 0.5) is 14.6 Å². The molecule has 0 unspecified atom stereocenters. The van der Waals surface area contributed by atoms with Crippen LogP contribution < -0.4 is 4.90 Å². The van der Waals surface area contributed by atoms with Crippen molar-refractivity contribution in [1.82, 2.24) is 24.5 Å². The van der Waals surface area contributed by atoms with Crippen LogP contribution >= 0.6 is 0 Å². The highest BCUT2D eigenvalue weighted by molar-refractivity contribution is 5.84. The van der Waals surface area contributed by atoms with Crippen LogP contribution in [0.5, 0.6) is 0 Å². The summed E-state index contributed by atoms with van der Waals surface area (Å²) >= 11 is 0. The SMILES string of the molecule is Cc1cc2c(nc(N3CCN(C)CC3)c3nncn32)c(F)c1F. The predicted molar refractivity (Wildman–Crippen MR) is 82.7 cm³/mol. The summed E-state index contributed by atoms with van der Waals surface area (Å²) in [4.78, 5) is 8.65. The van der Waals surface area contributed by atoms with Crippen LogP contribution in [0, 0.1) is 18.6 Å². The number of hydrogen-bond donors (Lipinski definition) is 0. The van der Waals surface area contributed by atoms with Crippen molar-refractivity contribution in [2.75, 3.05) is 38.1 Å². The van der Waals surface area contributed by atoms with Gasteiger partial charge in [0.1, 0.15) is 11.8 Å². The number of piperazine rings is 1. The predicted octanol–water partition coefficient (Wildman–Crippen LogP) is 1.62. The Hall–Kier alpha value is -2.35. The molecule has 0 N–H and O–H groups in total. The van der Waals surface area contributed by atoms with Gasteiger partial charge in [0.25, 0.3) is 0 Å². The molecule has 1 saturated heterocycles. The molecule has 1 aromatic carbocycles. The maximum atomic E-state index is 14.4. The van der Waals surface area contributed by atoms with E-state index in [-0.39, 0.29) is 11.1 Å². The Bertz CT molecular complexity index is 898. The second-order valence-corrected chi connectivity index (χ2v) is 5.94. The quantitative estimate of drug-likeness (QED) is 0.682. The highest BCUT2D eigenvalue weighted by Crippen LogP contribution is 2.28. The minimum absolute atomic E-state index is 0.00864. The van der Waals surface area contributed by atoms with Gasteiger partial charge in [0.15, 0.2) is 17.5 Å². The van der Waals surface area contributed by atoms with Gasteiger partial charge in [0, 0.05) is 26.2 Å². The number of anilines is 1. The Labute approximate surface area is 131 Å². The van der Waals surface area contributed by atoms with E-state index in [0.29, 0.717) is 17.0 Å². The van der Waals surface area contributed by atoms with Crippen LogP contribution in [-0.2, 0) is 0 Å². The summed E-state index contributed by atoms with van der Waals surface area (Å²) in [5.41, 5.74) is 1.28. The molecule has 4 rings (SSSR count). The van der Waals surface area contributed by atoms with Crippen molar-refractivity contribution in [3.05, 3.63) is 29.6 Å². The molecule has 2 aromatic heterocycles. The highest BCUT2D eigenvalue weighted by Gasteiger charge is 2.23. The van der Waals surface area contributed by atoms with Crippen molar-refractivity contribution in [2.24, 2.45) is 0 Å². The Morgan fingerprint density at radius 3 is 2.57 bits per heavy atom. The number of aryl methyl sites for hydroxylation is 1. The van der Waals surface area contributed by atoms with Gasteiger partial charge in [0.05, 0.1) is 5.52 Å². The fraction of sp³-hybridized carbons (Fsp3) is 0.400. The van der Waals surface area contributed by atoms with Crippen molar-refractivity contribution in [3.8, 4) is 0 Å². The fourth-order valence-corrected chi connectivity index (χ4v) is 2.97. The van der Waals surface area contributed by atoms with E-state index in [1.807, 2.05) is 4.90 Å². The van der Waals surface area contributed by atoms with Gasteiger partial charge >= 0.3 is 0 Å². The molecule has 0 atom stereocenters. The number of likely N-dealkylation sites (N-methyl/N-ethyl adjacent to an activating group) is 1. The van der Waals surface area contributed by atoms with Crippen LogP contribution in [0.2, 0.25) is 0 Å². The van der Waals surface area contributed by atoms with Gasteiger partial charge in [-0.15, -0.1) is 10.2 Å². The third kappa shape index (κ3) is 2.13. The smallest absolute Gasteiger partial charge is 0.204 e. The lowest BCUT2D eigenvalue weighted by Gasteiger charge is -2.33. The zero-order valence-electron chi connectivity index (χ0n) is 12.9. The molecular weight excluding hydrogens is 302 g/mol. The Morgan fingerprint density at radius 2 is 1.83 bits per heavy atom. The van der Waals surface area contributed by atoms with Crippen LogP contribution in [0.25, 0.3) is 16.7 Å². The average molecular weight is 318 g/mol. The number of fused-ring (bicyclic) bond motifs is 3. The summed E-state index contributed by atoms with van der Waals surface area (Å²) in [6.45, 7) is 4.80. The van der Waals surface area contributed by atoms with Crippen LogP contribution in [0.1, 0.15) is 5.56 Å². The van der Waals surface area contributed by atoms with Crippen molar-refractivity contribution in [3.63, 3.8) is 0 Å². The maximum absolute atomic E-state index is 14.4. The van der Waals surface area contributed by atoms with E-state index in [9.17, 15) is 8.78 Å². The van der Waals surface area contributed by atoms with Gasteiger partial charge in [-0.2, -0.15) is 0 Å². The first-order valence-corrected chi connectivity index (χ1v) is 7.48. The normalized spacial score (nSPS) is 16.6. The third-order valence-corrected chi connectivity index (χ3v) is 4.37. The molecule has 0 saturated carbocycles. The summed E-state index contributed by atoms with van der Waals surface area (Å²) in [6, 6.07) is 1.57. The largest absolute Gasteiger partial charge is 0.351 e. The van der Waals surface area contributed by atoms with E-state index in [0.717, 1.165) is 26.2 Å². The van der Waals surface area contributed by atoms with Crippen LogP contribution in [0.3, 0.4) is 0 Å². The summed E-state index contributed by atoms with van der Waals surface area (Å²) in [6.07, 6.45) is 1.51. The molecule has 3 aromatic rings. The maximum Gasteiger partial charge on any atom is 0.204 e. The van der Waals surface area contributed by atoms with Crippen molar-refractivity contribution < 1.29 is 8.78 Å². The molecule has 0 bridgehead atoms. The van der Waals surface area contributed by atoms with Gasteiger partial charge in [-0.1, -0.05) is 0 Å². The lowest BCUT2D eigenvalue weighted by atomic mass is 10.2. The lowest BCUT2D eigenvalue weighted by molar-refractivity contribution is 0.312. The molecule has 1 fully saturated rings. The Morgan fingerprint density at radius 1 is 1.09 bits per heavy atom. The van der Waals surface area contributed by atoms with E-state index >= 15 is 0 Å². The first kappa shape index (κ1) is 14.3. The topological polar surface area (TPSA) is 49.6 Å². The van der Waals surface area contributed by atoms with E-state index in [1.54, 1.807) is 10.5 Å². The minimum Gasteiger partial charge on any atom is -0.351 e. The summed E-state index contributed by atoms with van der Waals surface area (Å²) < 4.78 is 30.0. The Balaban J connectivity index is 1.98. The number of aromatic nitrogens is 4. The van der Waals surface area contributed by atoms with Gasteiger partial charge in [-0.25, -0.2) is 13.8 Å². The first-order valence-electron chi connectivity index (χ1n) is 7.48. The molecule has 120 valence electrons. The average Bonchev–Trinajstić information content (AvgIpc) is 3.03. The summed E-state index contributed by atoms with van der Waals surface area (Å²) in [7, 11) is 2.05. The molecule has 0 radical (unpaired) electrons. The lowest BCUT2D eigenvalue weighted by Crippen LogP contribution is -2.45. The molecule has 0 spiro atoms. The molecule has 0 amide bonds. The number of rotatable bonds is 1. The van der Waals surface area contributed by atoms with Crippen LogP contribution in [-0.4, -0.2) is 57.7 Å². The number of benzene rings is 1. The highest BCUT2D eigenvalue weighted by atomic mass is 19.2. The van der Waals surface area contributed by atoms with E-state index in [4.69, 9.17) is 0 Å². The van der Waals surface area contributed by atoms with Gasteiger partial charge in [-0.05, 0) is 25.6 Å². The third-order valence-electron chi connectivity index (χ3n) is 4.37. The molecule has 23 heavy (non-hydrogen) atoms. The second kappa shape index (κ2) is 5.09. The Kier molecular flexibility index (Phi) is 3.15. The van der Waals surface area contributed by atoms with Crippen LogP contribution in [0.15, 0.2) is 12.4 Å². The van der Waals surface area contributed by atoms with Crippen molar-refractivity contribution in [1.29, 1.82) is 0 Å². The van der Waals surface area contributed by atoms with Crippen molar-refractivity contribution >= 4 is 22.5 Å². The summed E-state index contributed by atoms with van der Waals surface area (Å²) in [5.74, 6) is -1.24. The fourth-order valence-electron chi connectivity index (χ4n) is 2.97. The molecule has 0 aliphatic carbocycles. The minimum atomic E-state index is -0.925. The van der Waals surface area contributed by atoms with Gasteiger partial charge < -0.3 is 9.80 Å². The van der Waals surface area contributed by atoms with E-state index in [2.05, 4.69) is 27.1 Å². The molecule has 1 aliphatic rings. The standard InChI is InChI=1S/C15H16F2N6/c1-9-7-10-13(12(17)11(9)16)19-14(15-20-18-8-23(10)15)22-5-3-21(2)4-6-22/h7-8H,3-6H2,1-2H3.